The number of nitriles is 1. The van der Waals surface area contributed by atoms with E-state index in [4.69, 9.17) is 5.26 Å². The standard InChI is InChI=1S/C20H22N2O2S/c1-16-8-10-19(11-9-16)25(23,24)20(12-13-21)17(2)14-22-15-18-6-4-3-5-7-18/h3-11,20,22H,2,12,14-15H2,1H3. The fourth-order valence-corrected chi connectivity index (χ4v) is 4.19. The zero-order valence-corrected chi connectivity index (χ0v) is 15.1. The predicted molar refractivity (Wildman–Crippen MR) is 99.7 cm³/mol. The van der Waals surface area contributed by atoms with E-state index in [1.807, 2.05) is 43.3 Å². The van der Waals surface area contributed by atoms with Crippen molar-refractivity contribution in [3.8, 4) is 6.07 Å². The van der Waals surface area contributed by atoms with Crippen molar-refractivity contribution in [3.05, 3.63) is 77.9 Å². The first-order valence-electron chi connectivity index (χ1n) is 8.05. The van der Waals surface area contributed by atoms with Gasteiger partial charge in [-0.05, 0) is 30.2 Å². The molecule has 2 rings (SSSR count). The van der Waals surface area contributed by atoms with E-state index < -0.39 is 15.1 Å². The first-order chi connectivity index (χ1) is 11.9. The van der Waals surface area contributed by atoms with Gasteiger partial charge >= 0.3 is 0 Å². The molecule has 25 heavy (non-hydrogen) atoms. The van der Waals surface area contributed by atoms with Crippen LogP contribution in [0.3, 0.4) is 0 Å². The second-order valence-corrected chi connectivity index (χ2v) is 8.09. The van der Waals surface area contributed by atoms with Gasteiger partial charge in [0.05, 0.1) is 17.4 Å². The summed E-state index contributed by atoms with van der Waals surface area (Å²) < 4.78 is 25.7. The molecule has 4 nitrogen and oxygen atoms in total. The molecule has 2 aromatic rings. The number of hydrogen-bond donors (Lipinski definition) is 1. The summed E-state index contributed by atoms with van der Waals surface area (Å²) in [4.78, 5) is 0.225. The molecule has 0 saturated heterocycles. The number of nitrogens with zero attached hydrogens (tertiary/aromatic N) is 1. The van der Waals surface area contributed by atoms with Crippen LogP contribution in [0.1, 0.15) is 17.5 Å². The maximum atomic E-state index is 12.9. The molecule has 0 heterocycles. The van der Waals surface area contributed by atoms with Gasteiger partial charge < -0.3 is 5.32 Å². The van der Waals surface area contributed by atoms with Crippen LogP contribution in [-0.4, -0.2) is 20.2 Å². The van der Waals surface area contributed by atoms with Crippen LogP contribution in [0.25, 0.3) is 0 Å². The van der Waals surface area contributed by atoms with Gasteiger partial charge in [0, 0.05) is 13.1 Å². The van der Waals surface area contributed by atoms with Crippen molar-refractivity contribution in [1.29, 1.82) is 5.26 Å². The molecule has 0 aromatic heterocycles. The van der Waals surface area contributed by atoms with Crippen LogP contribution in [-0.2, 0) is 16.4 Å². The fraction of sp³-hybridized carbons (Fsp3) is 0.250. The second-order valence-electron chi connectivity index (χ2n) is 5.96. The molecule has 0 spiro atoms. The van der Waals surface area contributed by atoms with Crippen LogP contribution in [0.15, 0.2) is 71.6 Å². The summed E-state index contributed by atoms with van der Waals surface area (Å²) in [5, 5.41) is 11.4. The average molecular weight is 354 g/mol. The van der Waals surface area contributed by atoms with E-state index in [1.54, 1.807) is 24.3 Å². The number of nitrogens with one attached hydrogen (secondary N) is 1. The average Bonchev–Trinajstić information content (AvgIpc) is 2.60. The van der Waals surface area contributed by atoms with Crippen LogP contribution in [0, 0.1) is 18.3 Å². The Hall–Kier alpha value is -2.42. The molecule has 5 heteroatoms. The zero-order chi connectivity index (χ0) is 18.3. The molecule has 0 aliphatic heterocycles. The van der Waals surface area contributed by atoms with E-state index in [-0.39, 0.29) is 11.3 Å². The summed E-state index contributed by atoms with van der Waals surface area (Å²) in [6.07, 6.45) is -0.109. The summed E-state index contributed by atoms with van der Waals surface area (Å²) in [5.41, 5.74) is 2.59. The van der Waals surface area contributed by atoms with Crippen molar-refractivity contribution >= 4 is 9.84 Å². The largest absolute Gasteiger partial charge is 0.309 e. The van der Waals surface area contributed by atoms with Crippen molar-refractivity contribution in [3.63, 3.8) is 0 Å². The lowest BCUT2D eigenvalue weighted by Gasteiger charge is -2.18. The normalized spacial score (nSPS) is 12.3. The van der Waals surface area contributed by atoms with Crippen molar-refractivity contribution < 1.29 is 8.42 Å². The maximum Gasteiger partial charge on any atom is 0.186 e. The van der Waals surface area contributed by atoms with Gasteiger partial charge in [-0.3, -0.25) is 0 Å². The number of sulfone groups is 1. The van der Waals surface area contributed by atoms with Gasteiger partial charge in [-0.1, -0.05) is 54.6 Å². The van der Waals surface area contributed by atoms with Crippen molar-refractivity contribution in [2.75, 3.05) is 6.54 Å². The Morgan fingerprint density at radius 1 is 1.16 bits per heavy atom. The summed E-state index contributed by atoms with van der Waals surface area (Å²) in [6, 6.07) is 18.5. The lowest BCUT2D eigenvalue weighted by Crippen LogP contribution is -2.29. The highest BCUT2D eigenvalue weighted by Crippen LogP contribution is 2.23. The van der Waals surface area contributed by atoms with Crippen molar-refractivity contribution in [1.82, 2.24) is 5.32 Å². The van der Waals surface area contributed by atoms with Gasteiger partial charge in [-0.15, -0.1) is 0 Å². The number of rotatable bonds is 8. The molecule has 1 N–H and O–H groups in total. The SMILES string of the molecule is C=C(CNCc1ccccc1)C(CC#N)S(=O)(=O)c1ccc(C)cc1. The highest BCUT2D eigenvalue weighted by molar-refractivity contribution is 7.92. The lowest BCUT2D eigenvalue weighted by molar-refractivity contribution is 0.583. The molecule has 0 saturated carbocycles. The molecular weight excluding hydrogens is 332 g/mol. The summed E-state index contributed by atoms with van der Waals surface area (Å²) in [6.45, 7) is 6.77. The maximum absolute atomic E-state index is 12.9. The fourth-order valence-electron chi connectivity index (χ4n) is 2.53. The van der Waals surface area contributed by atoms with Gasteiger partial charge in [0.1, 0.15) is 5.25 Å². The van der Waals surface area contributed by atoms with E-state index in [0.717, 1.165) is 11.1 Å². The molecule has 1 unspecified atom stereocenters. The van der Waals surface area contributed by atoms with Gasteiger partial charge in [0.25, 0.3) is 0 Å². The topological polar surface area (TPSA) is 70.0 Å². The molecule has 0 aliphatic carbocycles. The highest BCUT2D eigenvalue weighted by Gasteiger charge is 2.29. The molecule has 130 valence electrons. The third kappa shape index (κ3) is 5.02. The Kier molecular flexibility index (Phi) is 6.51. The third-order valence-electron chi connectivity index (χ3n) is 3.98. The van der Waals surface area contributed by atoms with Gasteiger partial charge in [0.15, 0.2) is 9.84 Å². The minimum Gasteiger partial charge on any atom is -0.309 e. The molecular formula is C20H22N2O2S. The number of hydrogen-bond acceptors (Lipinski definition) is 4. The number of benzene rings is 2. The zero-order valence-electron chi connectivity index (χ0n) is 14.3. The quantitative estimate of drug-likeness (QED) is 0.738. The molecule has 1 atom stereocenters. The lowest BCUT2D eigenvalue weighted by atomic mass is 10.1. The van der Waals surface area contributed by atoms with Crippen molar-refractivity contribution in [2.24, 2.45) is 0 Å². The predicted octanol–water partition coefficient (Wildman–Crippen LogP) is 3.40. The van der Waals surface area contributed by atoms with Gasteiger partial charge in [-0.25, -0.2) is 8.42 Å². The van der Waals surface area contributed by atoms with E-state index in [1.165, 1.54) is 0 Å². The van der Waals surface area contributed by atoms with E-state index in [0.29, 0.717) is 18.7 Å². The van der Waals surface area contributed by atoms with E-state index in [9.17, 15) is 8.42 Å². The number of aryl methyl sites for hydroxylation is 1. The Bertz CT molecular complexity index is 851. The smallest absolute Gasteiger partial charge is 0.186 e. The van der Waals surface area contributed by atoms with Gasteiger partial charge in [0.2, 0.25) is 0 Å². The Morgan fingerprint density at radius 3 is 2.40 bits per heavy atom. The minimum absolute atomic E-state index is 0.109. The monoisotopic (exact) mass is 354 g/mol. The van der Waals surface area contributed by atoms with Crippen molar-refractivity contribution in [2.45, 2.75) is 30.0 Å². The highest BCUT2D eigenvalue weighted by atomic mass is 32.2. The Balaban J connectivity index is 2.09. The molecule has 0 radical (unpaired) electrons. The molecule has 0 fully saturated rings. The Labute approximate surface area is 149 Å². The molecule has 0 amide bonds. The van der Waals surface area contributed by atoms with Crippen LogP contribution in [0.4, 0.5) is 0 Å². The second kappa shape index (κ2) is 8.61. The molecule has 0 aliphatic rings. The van der Waals surface area contributed by atoms with Gasteiger partial charge in [-0.2, -0.15) is 5.26 Å². The summed E-state index contributed by atoms with van der Waals surface area (Å²) >= 11 is 0. The molecule has 0 bridgehead atoms. The van der Waals surface area contributed by atoms with Crippen LogP contribution >= 0.6 is 0 Å². The molecule has 2 aromatic carbocycles. The first kappa shape index (κ1) is 18.9. The third-order valence-corrected chi connectivity index (χ3v) is 6.16. The Morgan fingerprint density at radius 2 is 1.80 bits per heavy atom. The van der Waals surface area contributed by atoms with Crippen LogP contribution in [0.2, 0.25) is 0 Å². The van der Waals surface area contributed by atoms with Crippen LogP contribution < -0.4 is 5.32 Å². The summed E-state index contributed by atoms with van der Waals surface area (Å²) in [5.74, 6) is 0. The van der Waals surface area contributed by atoms with E-state index >= 15 is 0 Å². The van der Waals surface area contributed by atoms with Crippen LogP contribution in [0.5, 0.6) is 0 Å². The summed E-state index contributed by atoms with van der Waals surface area (Å²) in [7, 11) is -3.64. The van der Waals surface area contributed by atoms with E-state index in [2.05, 4.69) is 11.9 Å². The minimum atomic E-state index is -3.64. The first-order valence-corrected chi connectivity index (χ1v) is 9.59.